The van der Waals surface area contributed by atoms with E-state index in [1.165, 1.54) is 0 Å². The molecule has 0 aliphatic carbocycles. The van der Waals surface area contributed by atoms with E-state index in [4.69, 9.17) is 9.78 Å². The van der Waals surface area contributed by atoms with Crippen LogP contribution in [0.5, 0.6) is 0 Å². The summed E-state index contributed by atoms with van der Waals surface area (Å²) in [7, 11) is 1.82. The molecule has 2 heterocycles. The van der Waals surface area contributed by atoms with Crippen molar-refractivity contribution in [2.75, 3.05) is 19.8 Å². The van der Waals surface area contributed by atoms with Gasteiger partial charge in [-0.05, 0) is 31.2 Å². The lowest BCUT2D eigenvalue weighted by molar-refractivity contribution is 0.362. The predicted molar refractivity (Wildman–Crippen MR) is 92.2 cm³/mol. The maximum Gasteiger partial charge on any atom is 0.167 e. The van der Waals surface area contributed by atoms with E-state index in [0.717, 1.165) is 35.8 Å². The zero-order valence-corrected chi connectivity index (χ0v) is 14.0. The van der Waals surface area contributed by atoms with Gasteiger partial charge in [0, 0.05) is 25.2 Å². The highest BCUT2D eigenvalue weighted by atomic mass is 32.2. The second kappa shape index (κ2) is 6.88. The average Bonchev–Trinajstić information content (AvgIpc) is 3.25. The standard InChI is InChI=1S/C17H18N4OS/c1-19-17(23-2)21-8-4-7-15(21)14-10-16(22-20-14)13-6-3-5-12(9-13)11-18/h3,5-6,9-10,15H,4,7-8H2,1-2H3/t15-/m1/s1. The molecule has 23 heavy (non-hydrogen) atoms. The lowest BCUT2D eigenvalue weighted by Crippen LogP contribution is -2.28. The van der Waals surface area contributed by atoms with Crippen molar-refractivity contribution in [3.05, 3.63) is 41.6 Å². The number of amidine groups is 1. The van der Waals surface area contributed by atoms with Gasteiger partial charge in [-0.15, -0.1) is 0 Å². The molecule has 1 aromatic heterocycles. The molecular weight excluding hydrogens is 308 g/mol. The summed E-state index contributed by atoms with van der Waals surface area (Å²) >= 11 is 1.66. The molecule has 0 radical (unpaired) electrons. The van der Waals surface area contributed by atoms with Crippen LogP contribution >= 0.6 is 11.8 Å². The molecule has 1 fully saturated rings. The van der Waals surface area contributed by atoms with Crippen molar-refractivity contribution in [3.8, 4) is 17.4 Å². The largest absolute Gasteiger partial charge is 0.356 e. The van der Waals surface area contributed by atoms with Crippen LogP contribution in [0.3, 0.4) is 0 Å². The molecule has 0 N–H and O–H groups in total. The van der Waals surface area contributed by atoms with Gasteiger partial charge < -0.3 is 9.42 Å². The predicted octanol–water partition coefficient (Wildman–Crippen LogP) is 3.70. The van der Waals surface area contributed by atoms with Crippen molar-refractivity contribution in [1.29, 1.82) is 5.26 Å². The van der Waals surface area contributed by atoms with Gasteiger partial charge in [0.25, 0.3) is 0 Å². The van der Waals surface area contributed by atoms with Gasteiger partial charge in [-0.1, -0.05) is 29.1 Å². The number of nitriles is 1. The number of likely N-dealkylation sites (tertiary alicyclic amines) is 1. The lowest BCUT2D eigenvalue weighted by Gasteiger charge is -2.24. The van der Waals surface area contributed by atoms with Gasteiger partial charge in [-0.3, -0.25) is 4.99 Å². The first-order valence-electron chi connectivity index (χ1n) is 7.51. The Hall–Kier alpha value is -2.26. The number of aromatic nitrogens is 1. The molecular formula is C17H18N4OS. The van der Waals surface area contributed by atoms with Gasteiger partial charge >= 0.3 is 0 Å². The van der Waals surface area contributed by atoms with E-state index in [0.29, 0.717) is 11.3 Å². The van der Waals surface area contributed by atoms with Crippen molar-refractivity contribution >= 4 is 16.9 Å². The monoisotopic (exact) mass is 326 g/mol. The molecule has 1 aliphatic rings. The Balaban J connectivity index is 1.88. The van der Waals surface area contributed by atoms with Crippen LogP contribution in [-0.2, 0) is 0 Å². The fourth-order valence-electron chi connectivity index (χ4n) is 2.96. The zero-order chi connectivity index (χ0) is 16.2. The maximum absolute atomic E-state index is 9.02. The quantitative estimate of drug-likeness (QED) is 0.622. The molecule has 3 rings (SSSR count). The Morgan fingerprint density at radius 3 is 3.09 bits per heavy atom. The Morgan fingerprint density at radius 2 is 2.35 bits per heavy atom. The number of thioether (sulfide) groups is 1. The van der Waals surface area contributed by atoms with Crippen molar-refractivity contribution < 1.29 is 4.52 Å². The van der Waals surface area contributed by atoms with E-state index in [9.17, 15) is 0 Å². The molecule has 0 unspecified atom stereocenters. The van der Waals surface area contributed by atoms with E-state index in [1.807, 2.05) is 37.6 Å². The van der Waals surface area contributed by atoms with Gasteiger partial charge in [-0.25, -0.2) is 0 Å². The summed E-state index contributed by atoms with van der Waals surface area (Å²) in [6, 6.07) is 11.7. The second-order valence-corrected chi connectivity index (χ2v) is 6.14. The molecule has 1 atom stereocenters. The summed E-state index contributed by atoms with van der Waals surface area (Å²) < 4.78 is 5.53. The maximum atomic E-state index is 9.02. The molecule has 0 spiro atoms. The first kappa shape index (κ1) is 15.6. The van der Waals surface area contributed by atoms with Gasteiger partial charge in [0.05, 0.1) is 17.7 Å². The summed E-state index contributed by atoms with van der Waals surface area (Å²) in [5, 5.41) is 14.3. The van der Waals surface area contributed by atoms with Gasteiger partial charge in [-0.2, -0.15) is 5.26 Å². The summed E-state index contributed by atoms with van der Waals surface area (Å²) in [4.78, 5) is 6.65. The topological polar surface area (TPSA) is 65.4 Å². The van der Waals surface area contributed by atoms with Gasteiger partial charge in [0.2, 0.25) is 0 Å². The minimum absolute atomic E-state index is 0.206. The third-order valence-electron chi connectivity index (χ3n) is 4.02. The summed E-state index contributed by atoms with van der Waals surface area (Å²) in [5.74, 6) is 0.697. The van der Waals surface area contributed by atoms with Crippen LogP contribution in [0.25, 0.3) is 11.3 Å². The number of hydrogen-bond donors (Lipinski definition) is 0. The van der Waals surface area contributed by atoms with Crippen LogP contribution in [0.15, 0.2) is 39.8 Å². The van der Waals surface area contributed by atoms with Crippen LogP contribution in [0, 0.1) is 11.3 Å². The van der Waals surface area contributed by atoms with Crippen molar-refractivity contribution in [2.24, 2.45) is 4.99 Å². The van der Waals surface area contributed by atoms with Crippen LogP contribution in [0.1, 0.15) is 30.1 Å². The van der Waals surface area contributed by atoms with Crippen molar-refractivity contribution in [3.63, 3.8) is 0 Å². The molecule has 5 nitrogen and oxygen atoms in total. The van der Waals surface area contributed by atoms with Gasteiger partial charge in [0.15, 0.2) is 10.9 Å². The SMILES string of the molecule is CN=C(SC)N1CCC[C@@H]1c1cc(-c2cccc(C#N)c2)on1. The van der Waals surface area contributed by atoms with Crippen LogP contribution in [0.2, 0.25) is 0 Å². The van der Waals surface area contributed by atoms with Crippen molar-refractivity contribution in [1.82, 2.24) is 10.1 Å². The molecule has 1 saturated heterocycles. The first-order valence-corrected chi connectivity index (χ1v) is 8.74. The summed E-state index contributed by atoms with van der Waals surface area (Å²) in [6.45, 7) is 0.990. The Morgan fingerprint density at radius 1 is 1.48 bits per heavy atom. The molecule has 1 aromatic carbocycles. The lowest BCUT2D eigenvalue weighted by atomic mass is 10.1. The highest BCUT2D eigenvalue weighted by Gasteiger charge is 2.30. The fourth-order valence-corrected chi connectivity index (χ4v) is 3.60. The number of benzene rings is 1. The molecule has 0 saturated carbocycles. The first-order chi connectivity index (χ1) is 11.3. The molecule has 0 amide bonds. The Kier molecular flexibility index (Phi) is 4.68. The van der Waals surface area contributed by atoms with Crippen LogP contribution in [-0.4, -0.2) is 35.1 Å². The minimum atomic E-state index is 0.206. The second-order valence-electron chi connectivity index (χ2n) is 5.37. The average molecular weight is 326 g/mol. The van der Waals surface area contributed by atoms with Crippen LogP contribution < -0.4 is 0 Å². The zero-order valence-electron chi connectivity index (χ0n) is 13.2. The molecule has 2 aromatic rings. The molecule has 6 heteroatoms. The smallest absolute Gasteiger partial charge is 0.167 e. The highest BCUT2D eigenvalue weighted by Crippen LogP contribution is 2.35. The van der Waals surface area contributed by atoms with Gasteiger partial charge in [0.1, 0.15) is 5.69 Å². The van der Waals surface area contributed by atoms with E-state index < -0.39 is 0 Å². The Labute approximate surface area is 140 Å². The summed E-state index contributed by atoms with van der Waals surface area (Å²) in [5.41, 5.74) is 2.42. The summed E-state index contributed by atoms with van der Waals surface area (Å²) in [6.07, 6.45) is 4.21. The number of aliphatic imine (C=N–C) groups is 1. The fraction of sp³-hybridized carbons (Fsp3) is 0.353. The van der Waals surface area contributed by atoms with E-state index in [1.54, 1.807) is 17.8 Å². The molecule has 118 valence electrons. The van der Waals surface area contributed by atoms with Crippen molar-refractivity contribution in [2.45, 2.75) is 18.9 Å². The van der Waals surface area contributed by atoms with E-state index in [-0.39, 0.29) is 6.04 Å². The van der Waals surface area contributed by atoms with Crippen LogP contribution in [0.4, 0.5) is 0 Å². The number of nitrogens with zero attached hydrogens (tertiary/aromatic N) is 4. The molecule has 1 aliphatic heterocycles. The molecule has 0 bridgehead atoms. The number of rotatable bonds is 2. The Bertz CT molecular complexity index is 762. The third kappa shape index (κ3) is 3.10. The van der Waals surface area contributed by atoms with E-state index >= 15 is 0 Å². The van der Waals surface area contributed by atoms with E-state index in [2.05, 4.69) is 21.1 Å². The number of hydrogen-bond acceptors (Lipinski definition) is 5. The normalized spacial score (nSPS) is 18.2. The third-order valence-corrected chi connectivity index (χ3v) is 4.80. The highest BCUT2D eigenvalue weighted by molar-refractivity contribution is 8.13. The minimum Gasteiger partial charge on any atom is -0.356 e.